The van der Waals surface area contributed by atoms with Crippen molar-refractivity contribution in [3.8, 4) is 0 Å². The van der Waals surface area contributed by atoms with E-state index in [1.165, 1.54) is 64.2 Å². The molecular formula is C23H44N2O4. The van der Waals surface area contributed by atoms with Gasteiger partial charge in [0.15, 0.2) is 0 Å². The summed E-state index contributed by atoms with van der Waals surface area (Å²) < 4.78 is 5.00. The number of carboxylic acids is 1. The molecule has 2 unspecified atom stereocenters. The Morgan fingerprint density at radius 1 is 0.966 bits per heavy atom. The van der Waals surface area contributed by atoms with E-state index in [9.17, 15) is 9.59 Å². The molecule has 29 heavy (non-hydrogen) atoms. The third kappa shape index (κ3) is 11.5. The second-order valence-corrected chi connectivity index (χ2v) is 9.68. The van der Waals surface area contributed by atoms with Crippen LogP contribution in [0, 0.1) is 5.92 Å². The number of alkyl carbamates (subject to hydrolysis) is 1. The lowest BCUT2D eigenvalue weighted by Crippen LogP contribution is -2.46. The minimum absolute atomic E-state index is 0.134. The summed E-state index contributed by atoms with van der Waals surface area (Å²) in [6.07, 6.45) is 14.5. The lowest BCUT2D eigenvalue weighted by atomic mass is 9.91. The molecule has 3 N–H and O–H groups in total. The van der Waals surface area contributed by atoms with Gasteiger partial charge in [0.2, 0.25) is 0 Å². The number of aliphatic carboxylic acids is 1. The third-order valence-corrected chi connectivity index (χ3v) is 5.83. The van der Waals surface area contributed by atoms with Crippen molar-refractivity contribution < 1.29 is 19.4 Å². The maximum Gasteiger partial charge on any atom is 0.408 e. The number of amides is 1. The fourth-order valence-electron chi connectivity index (χ4n) is 3.99. The van der Waals surface area contributed by atoms with Crippen LogP contribution < -0.4 is 10.6 Å². The van der Waals surface area contributed by atoms with Crippen LogP contribution in [0.4, 0.5) is 4.79 Å². The number of hydrogen-bond acceptors (Lipinski definition) is 4. The molecule has 0 aliphatic heterocycles. The SMILES string of the molecule is C1CCC(NC2CCCCC2)CC1.CCC(C)C(NC(=O)OC(C)(C)C)C(=O)O. The number of carboxylic acid groups (broad SMARTS) is 1. The van der Waals surface area contributed by atoms with E-state index < -0.39 is 23.7 Å². The van der Waals surface area contributed by atoms with Gasteiger partial charge in [0.25, 0.3) is 0 Å². The first-order valence-corrected chi connectivity index (χ1v) is 11.6. The Bertz CT molecular complexity index is 462. The van der Waals surface area contributed by atoms with Crippen molar-refractivity contribution in [1.82, 2.24) is 10.6 Å². The van der Waals surface area contributed by atoms with Gasteiger partial charge in [-0.3, -0.25) is 0 Å². The van der Waals surface area contributed by atoms with E-state index >= 15 is 0 Å². The number of nitrogens with one attached hydrogen (secondary N) is 2. The fourth-order valence-corrected chi connectivity index (χ4v) is 3.99. The van der Waals surface area contributed by atoms with Crippen molar-refractivity contribution >= 4 is 12.1 Å². The lowest BCUT2D eigenvalue weighted by molar-refractivity contribution is -0.140. The molecule has 0 heterocycles. The predicted octanol–water partition coefficient (Wildman–Crippen LogP) is 5.25. The van der Waals surface area contributed by atoms with E-state index in [0.29, 0.717) is 6.42 Å². The van der Waals surface area contributed by atoms with Crippen LogP contribution in [0.25, 0.3) is 0 Å². The minimum atomic E-state index is -1.04. The maximum atomic E-state index is 11.4. The van der Waals surface area contributed by atoms with Crippen molar-refractivity contribution in [3.05, 3.63) is 0 Å². The van der Waals surface area contributed by atoms with Gasteiger partial charge in [-0.15, -0.1) is 0 Å². The highest BCUT2D eigenvalue weighted by Gasteiger charge is 2.27. The summed E-state index contributed by atoms with van der Waals surface area (Å²) in [4.78, 5) is 22.3. The first-order chi connectivity index (χ1) is 13.6. The third-order valence-electron chi connectivity index (χ3n) is 5.83. The van der Waals surface area contributed by atoms with Gasteiger partial charge in [-0.05, 0) is 52.4 Å². The molecule has 0 aromatic carbocycles. The highest BCUT2D eigenvalue weighted by Crippen LogP contribution is 2.22. The van der Waals surface area contributed by atoms with E-state index in [4.69, 9.17) is 9.84 Å². The van der Waals surface area contributed by atoms with Crippen LogP contribution in [0.1, 0.15) is 105 Å². The first-order valence-electron chi connectivity index (χ1n) is 11.6. The normalized spacial score (nSPS) is 20.7. The molecule has 6 heteroatoms. The molecule has 1 amide bonds. The molecule has 0 spiro atoms. The van der Waals surface area contributed by atoms with Crippen LogP contribution in [0.5, 0.6) is 0 Å². The summed E-state index contributed by atoms with van der Waals surface area (Å²) in [5.41, 5.74) is -0.622. The topological polar surface area (TPSA) is 87.7 Å². The molecule has 2 atom stereocenters. The molecule has 2 aliphatic rings. The molecule has 2 aliphatic carbocycles. The van der Waals surface area contributed by atoms with E-state index in [1.807, 2.05) is 6.92 Å². The van der Waals surface area contributed by atoms with Crippen LogP contribution in [0.2, 0.25) is 0 Å². The first kappa shape index (κ1) is 25.7. The van der Waals surface area contributed by atoms with Crippen LogP contribution in [-0.2, 0) is 9.53 Å². The van der Waals surface area contributed by atoms with E-state index in [1.54, 1.807) is 27.7 Å². The summed E-state index contributed by atoms with van der Waals surface area (Å²) >= 11 is 0. The minimum Gasteiger partial charge on any atom is -0.480 e. The molecule has 0 radical (unpaired) electrons. The van der Waals surface area contributed by atoms with Gasteiger partial charge in [0.1, 0.15) is 11.6 Å². The van der Waals surface area contributed by atoms with Crippen LogP contribution in [0.15, 0.2) is 0 Å². The Morgan fingerprint density at radius 2 is 1.41 bits per heavy atom. The Hall–Kier alpha value is -1.30. The molecular weight excluding hydrogens is 368 g/mol. The Kier molecular flexibility index (Phi) is 11.6. The lowest BCUT2D eigenvalue weighted by Gasteiger charge is -2.30. The maximum absolute atomic E-state index is 11.4. The molecule has 6 nitrogen and oxygen atoms in total. The second-order valence-electron chi connectivity index (χ2n) is 9.68. The standard InChI is InChI=1S/C12H23N.C11H21NO4/c1-3-7-11(8-4-1)13-12-9-5-2-6-10-12;1-6-7(2)8(9(13)14)12-10(15)16-11(3,4)5/h11-13H,1-10H2;7-8H,6H2,1-5H3,(H,12,15)(H,13,14). The van der Waals surface area contributed by atoms with Gasteiger partial charge >= 0.3 is 12.1 Å². The molecule has 0 bridgehead atoms. The number of carbonyl (C=O) groups is 2. The number of ether oxygens (including phenoxy) is 1. The molecule has 0 aromatic rings. The summed E-state index contributed by atoms with van der Waals surface area (Å²) in [5.74, 6) is -1.18. The average molecular weight is 413 g/mol. The van der Waals surface area contributed by atoms with Crippen LogP contribution in [-0.4, -0.2) is 40.9 Å². The molecule has 2 saturated carbocycles. The van der Waals surface area contributed by atoms with Crippen molar-refractivity contribution in [3.63, 3.8) is 0 Å². The van der Waals surface area contributed by atoms with Gasteiger partial charge in [0.05, 0.1) is 0 Å². The molecule has 0 aromatic heterocycles. The Balaban J connectivity index is 0.000000294. The van der Waals surface area contributed by atoms with Gasteiger partial charge < -0.3 is 20.5 Å². The van der Waals surface area contributed by atoms with Crippen molar-refractivity contribution in [1.29, 1.82) is 0 Å². The van der Waals surface area contributed by atoms with Gasteiger partial charge in [0, 0.05) is 12.1 Å². The number of hydrogen-bond donors (Lipinski definition) is 3. The quantitative estimate of drug-likeness (QED) is 0.554. The summed E-state index contributed by atoms with van der Waals surface area (Å²) in [6, 6.07) is 0.841. The predicted molar refractivity (Wildman–Crippen MR) is 117 cm³/mol. The smallest absolute Gasteiger partial charge is 0.408 e. The zero-order valence-corrected chi connectivity index (χ0v) is 19.3. The number of carbonyl (C=O) groups excluding carboxylic acids is 1. The molecule has 2 rings (SSSR count). The van der Waals surface area contributed by atoms with Crippen LogP contribution >= 0.6 is 0 Å². The highest BCUT2D eigenvalue weighted by atomic mass is 16.6. The Morgan fingerprint density at radius 3 is 1.76 bits per heavy atom. The summed E-state index contributed by atoms with van der Waals surface area (Å²) in [5, 5.41) is 15.2. The average Bonchev–Trinajstić information content (AvgIpc) is 2.66. The van der Waals surface area contributed by atoms with Gasteiger partial charge in [-0.2, -0.15) is 0 Å². The number of rotatable bonds is 6. The zero-order valence-electron chi connectivity index (χ0n) is 19.3. The Labute approximate surface area is 177 Å². The van der Waals surface area contributed by atoms with E-state index in [0.717, 1.165) is 12.1 Å². The van der Waals surface area contributed by atoms with E-state index in [-0.39, 0.29) is 5.92 Å². The van der Waals surface area contributed by atoms with Crippen molar-refractivity contribution in [2.75, 3.05) is 0 Å². The summed E-state index contributed by atoms with van der Waals surface area (Å²) in [6.45, 7) is 8.83. The molecule has 2 fully saturated rings. The largest absolute Gasteiger partial charge is 0.480 e. The van der Waals surface area contributed by atoms with Gasteiger partial charge in [-0.25, -0.2) is 9.59 Å². The van der Waals surface area contributed by atoms with Crippen molar-refractivity contribution in [2.45, 2.75) is 129 Å². The van der Waals surface area contributed by atoms with E-state index in [2.05, 4.69) is 10.6 Å². The van der Waals surface area contributed by atoms with Crippen LogP contribution in [0.3, 0.4) is 0 Å². The van der Waals surface area contributed by atoms with Gasteiger partial charge in [-0.1, -0.05) is 58.8 Å². The fraction of sp³-hybridized carbons (Fsp3) is 0.913. The highest BCUT2D eigenvalue weighted by molar-refractivity contribution is 5.80. The molecule has 170 valence electrons. The zero-order chi connectivity index (χ0) is 21.9. The monoisotopic (exact) mass is 412 g/mol. The summed E-state index contributed by atoms with van der Waals surface area (Å²) in [7, 11) is 0. The second kappa shape index (κ2) is 13.1. The molecule has 0 saturated heterocycles. The van der Waals surface area contributed by atoms with Crippen molar-refractivity contribution in [2.24, 2.45) is 5.92 Å².